The first-order valence-electron chi connectivity index (χ1n) is 14.6. The highest BCUT2D eigenvalue weighted by Crippen LogP contribution is 2.20. The molecule has 1 aliphatic heterocycles. The minimum absolute atomic E-state index is 0. The normalized spacial score (nSPS) is 12.9. The van der Waals surface area contributed by atoms with E-state index in [9.17, 15) is 14.7 Å². The van der Waals surface area contributed by atoms with Crippen molar-refractivity contribution in [1.29, 1.82) is 0 Å². The van der Waals surface area contributed by atoms with Gasteiger partial charge in [0, 0.05) is 22.3 Å². The Morgan fingerprint density at radius 1 is 0.673 bits per heavy atom. The third-order valence-corrected chi connectivity index (χ3v) is 6.93. The molecule has 11 heteroatoms. The van der Waals surface area contributed by atoms with E-state index in [2.05, 4.69) is 11.8 Å². The Hall–Kier alpha value is -4.55. The molecular weight excluding hydrogens is 684 g/mol. The van der Waals surface area contributed by atoms with Crippen molar-refractivity contribution in [1.82, 2.24) is 0 Å². The van der Waals surface area contributed by atoms with Crippen LogP contribution in [0.3, 0.4) is 0 Å². The number of rotatable bonds is 15. The molecule has 4 aromatic carbocycles. The van der Waals surface area contributed by atoms with Crippen LogP contribution in [-0.2, 0) is 4.74 Å². The van der Waals surface area contributed by atoms with Crippen LogP contribution in [-0.4, -0.2) is 67.8 Å². The smallest absolute Gasteiger partial charge is 0.193 e. The Morgan fingerprint density at radius 2 is 1.00 bits per heavy atom. The van der Waals surface area contributed by atoms with Crippen LogP contribution in [0.2, 0.25) is 0 Å². The fourth-order valence-corrected chi connectivity index (χ4v) is 4.07. The number of ether oxygens (including phenoxy) is 5. The lowest BCUT2D eigenvalue weighted by Gasteiger charge is -2.10. The van der Waals surface area contributed by atoms with Gasteiger partial charge in [0.2, 0.25) is 0 Å². The molecule has 1 N–H and O–H groups in total. The molecule has 0 aromatic heterocycles. The molecular formula is C38H37ClO8S2. The van der Waals surface area contributed by atoms with E-state index < -0.39 is 6.10 Å². The molecule has 0 bridgehead atoms. The first kappa shape index (κ1) is 40.6. The monoisotopic (exact) mass is 720 g/mol. The predicted molar refractivity (Wildman–Crippen MR) is 200 cm³/mol. The third kappa shape index (κ3) is 13.5. The summed E-state index contributed by atoms with van der Waals surface area (Å²) in [4.78, 5) is 24.8. The maximum Gasteiger partial charge on any atom is 0.193 e. The summed E-state index contributed by atoms with van der Waals surface area (Å²) in [5, 5.41) is 9.35. The summed E-state index contributed by atoms with van der Waals surface area (Å²) < 4.78 is 26.6. The van der Waals surface area contributed by atoms with E-state index in [0.29, 0.717) is 46.1 Å². The molecule has 1 saturated heterocycles. The van der Waals surface area contributed by atoms with Crippen molar-refractivity contribution in [3.63, 3.8) is 0 Å². The summed E-state index contributed by atoms with van der Waals surface area (Å²) in [6.07, 6.45) is 9.76. The number of carbonyl (C=O) groups excluding carboxylic acids is 2. The van der Waals surface area contributed by atoms with E-state index in [4.69, 9.17) is 48.1 Å². The van der Waals surface area contributed by atoms with Gasteiger partial charge in [0.05, 0.1) is 12.5 Å². The summed E-state index contributed by atoms with van der Waals surface area (Å²) in [5.41, 5.74) is 2.29. The molecule has 0 amide bonds. The highest BCUT2D eigenvalue weighted by molar-refractivity contribution is 7.59. The second kappa shape index (κ2) is 21.4. The predicted octanol–water partition coefficient (Wildman–Crippen LogP) is 5.84. The van der Waals surface area contributed by atoms with E-state index in [1.807, 2.05) is 0 Å². The molecule has 0 saturated carbocycles. The van der Waals surface area contributed by atoms with Crippen LogP contribution in [0.25, 0.3) is 0 Å². The number of terminal acetylenes is 2. The van der Waals surface area contributed by atoms with Crippen LogP contribution >= 0.6 is 38.6 Å². The van der Waals surface area contributed by atoms with Gasteiger partial charge in [-0.1, -0.05) is 11.8 Å². The van der Waals surface area contributed by atoms with Crippen LogP contribution < -0.4 is 18.9 Å². The maximum atomic E-state index is 12.4. The van der Waals surface area contributed by atoms with Gasteiger partial charge in [-0.15, -0.1) is 24.4 Å². The molecule has 5 rings (SSSR count). The zero-order valence-electron chi connectivity index (χ0n) is 26.5. The summed E-state index contributed by atoms with van der Waals surface area (Å²) in [7, 11) is 0. The standard InChI is InChI=1S/C19H17ClO4.C19H16O4.2H2S/c1-2-11-23-17-7-3-14(4-8-17)19(22)15-5-9-18(10-6-15)24-13-16(21)12-20;1-2-11-21-16-7-3-14(4-8-16)19(20)15-5-9-17(10-6-15)22-12-18-13-23-18;;/h1,3-10,16,21H,11-13H2;1,3-10,18H,11-13H2;2*1H2. The number of carbonyl (C=O) groups is 2. The van der Waals surface area contributed by atoms with Crippen molar-refractivity contribution in [2.75, 3.05) is 38.9 Å². The SMILES string of the molecule is C#CCOc1ccc(C(=O)c2ccc(OCC(O)CCl)cc2)cc1.C#CCOc1ccc(C(=O)c2ccc(OCC3CO3)cc2)cc1.S.S. The van der Waals surface area contributed by atoms with E-state index >= 15 is 0 Å². The van der Waals surface area contributed by atoms with Crippen molar-refractivity contribution in [2.24, 2.45) is 0 Å². The minimum atomic E-state index is -0.719. The first-order chi connectivity index (χ1) is 22.9. The highest BCUT2D eigenvalue weighted by atomic mass is 35.5. The number of hydrogen-bond acceptors (Lipinski definition) is 8. The average molecular weight is 721 g/mol. The van der Waals surface area contributed by atoms with E-state index in [1.54, 1.807) is 97.1 Å². The Labute approximate surface area is 305 Å². The van der Waals surface area contributed by atoms with Crippen LogP contribution in [0.4, 0.5) is 0 Å². The Kier molecular flexibility index (Phi) is 17.8. The molecule has 2 atom stereocenters. The lowest BCUT2D eigenvalue weighted by Crippen LogP contribution is -2.18. The summed E-state index contributed by atoms with van der Waals surface area (Å²) in [6.45, 7) is 1.81. The lowest BCUT2D eigenvalue weighted by atomic mass is 10.0. The van der Waals surface area contributed by atoms with Crippen LogP contribution in [0.5, 0.6) is 23.0 Å². The minimum Gasteiger partial charge on any atom is -0.491 e. The van der Waals surface area contributed by atoms with Crippen LogP contribution in [0.1, 0.15) is 31.8 Å². The quantitative estimate of drug-likeness (QED) is 0.0708. The number of aliphatic hydroxyl groups is 1. The second-order valence-corrected chi connectivity index (χ2v) is 10.4. The topological polar surface area (TPSA) is 104 Å². The zero-order valence-corrected chi connectivity index (χ0v) is 29.2. The number of aliphatic hydroxyl groups excluding tert-OH is 1. The van der Waals surface area contributed by atoms with Gasteiger partial charge in [-0.2, -0.15) is 27.0 Å². The largest absolute Gasteiger partial charge is 0.491 e. The Morgan fingerprint density at radius 3 is 1.31 bits per heavy atom. The van der Waals surface area contributed by atoms with E-state index in [0.717, 1.165) is 12.4 Å². The molecule has 2 unspecified atom stereocenters. The number of halogens is 1. The van der Waals surface area contributed by atoms with E-state index in [1.165, 1.54) is 0 Å². The molecule has 0 aliphatic carbocycles. The number of benzene rings is 4. The Bertz CT molecular complexity index is 1680. The number of hydrogen-bond donors (Lipinski definition) is 1. The maximum absolute atomic E-state index is 12.4. The van der Waals surface area contributed by atoms with Gasteiger partial charge in [-0.3, -0.25) is 9.59 Å². The van der Waals surface area contributed by atoms with Crippen molar-refractivity contribution in [3.05, 3.63) is 119 Å². The molecule has 256 valence electrons. The summed E-state index contributed by atoms with van der Waals surface area (Å²) in [5.74, 6) is 7.29. The molecule has 8 nitrogen and oxygen atoms in total. The molecule has 49 heavy (non-hydrogen) atoms. The number of alkyl halides is 1. The molecule has 1 heterocycles. The molecule has 0 radical (unpaired) electrons. The second-order valence-electron chi connectivity index (χ2n) is 10.1. The van der Waals surface area contributed by atoms with Gasteiger partial charge in [-0.05, 0) is 97.1 Å². The van der Waals surface area contributed by atoms with Crippen molar-refractivity contribution >= 4 is 50.2 Å². The van der Waals surface area contributed by atoms with Gasteiger partial charge in [0.15, 0.2) is 11.6 Å². The fraction of sp³-hybridized carbons (Fsp3) is 0.211. The van der Waals surface area contributed by atoms with Gasteiger partial charge in [-0.25, -0.2) is 0 Å². The Balaban J connectivity index is 0.000000327. The van der Waals surface area contributed by atoms with Gasteiger partial charge in [0.1, 0.15) is 61.6 Å². The summed E-state index contributed by atoms with van der Waals surface area (Å²) in [6, 6.07) is 27.5. The molecule has 4 aromatic rings. The highest BCUT2D eigenvalue weighted by Gasteiger charge is 2.23. The van der Waals surface area contributed by atoms with E-state index in [-0.39, 0.29) is 70.4 Å². The molecule has 1 fully saturated rings. The number of epoxide rings is 1. The van der Waals surface area contributed by atoms with Gasteiger partial charge < -0.3 is 28.8 Å². The van der Waals surface area contributed by atoms with Crippen LogP contribution in [0, 0.1) is 24.7 Å². The number of ketones is 2. The van der Waals surface area contributed by atoms with Gasteiger partial charge >= 0.3 is 0 Å². The van der Waals surface area contributed by atoms with Crippen molar-refractivity contribution in [3.8, 4) is 47.7 Å². The van der Waals surface area contributed by atoms with Gasteiger partial charge in [0.25, 0.3) is 0 Å². The average Bonchev–Trinajstić information content (AvgIpc) is 3.96. The fourth-order valence-electron chi connectivity index (χ4n) is 3.98. The van der Waals surface area contributed by atoms with Crippen molar-refractivity contribution < 1.29 is 38.4 Å². The molecule has 0 spiro atoms. The third-order valence-electron chi connectivity index (χ3n) is 6.57. The zero-order chi connectivity index (χ0) is 33.4. The lowest BCUT2D eigenvalue weighted by molar-refractivity contribution is 0.103. The van der Waals surface area contributed by atoms with Crippen molar-refractivity contribution in [2.45, 2.75) is 12.2 Å². The molecule has 1 aliphatic rings. The first-order valence-corrected chi connectivity index (χ1v) is 15.2. The van der Waals surface area contributed by atoms with Crippen LogP contribution in [0.15, 0.2) is 97.1 Å². The summed E-state index contributed by atoms with van der Waals surface area (Å²) >= 11 is 5.50.